The molecular weight excluding hydrogens is 228 g/mol. The predicted molar refractivity (Wildman–Crippen MR) is 56.6 cm³/mol. The Morgan fingerprint density at radius 1 is 1.54 bits per heavy atom. The van der Waals surface area contributed by atoms with Crippen LogP contribution in [0.3, 0.4) is 0 Å². The number of pyridine rings is 1. The van der Waals surface area contributed by atoms with Crippen molar-refractivity contribution >= 4 is 15.9 Å². The molecule has 2 heterocycles. The summed E-state index contributed by atoms with van der Waals surface area (Å²) in [5, 5.41) is 3.37. The van der Waals surface area contributed by atoms with Gasteiger partial charge in [-0.05, 0) is 59.4 Å². The van der Waals surface area contributed by atoms with Crippen molar-refractivity contribution in [2.45, 2.75) is 12.8 Å². The van der Waals surface area contributed by atoms with Crippen LogP contribution >= 0.6 is 15.9 Å². The van der Waals surface area contributed by atoms with Crippen LogP contribution < -0.4 is 5.32 Å². The van der Waals surface area contributed by atoms with Gasteiger partial charge in [-0.1, -0.05) is 6.07 Å². The van der Waals surface area contributed by atoms with Crippen molar-refractivity contribution in [3.8, 4) is 0 Å². The number of rotatable bonds is 2. The molecule has 1 aliphatic rings. The van der Waals surface area contributed by atoms with E-state index in [9.17, 15) is 0 Å². The molecule has 1 saturated heterocycles. The third-order valence-corrected chi connectivity index (χ3v) is 2.94. The van der Waals surface area contributed by atoms with Crippen molar-refractivity contribution in [1.29, 1.82) is 0 Å². The van der Waals surface area contributed by atoms with Gasteiger partial charge in [-0.15, -0.1) is 0 Å². The Balaban J connectivity index is 1.97. The fraction of sp³-hybridized carbons (Fsp3) is 0.500. The molecule has 2 rings (SSSR count). The van der Waals surface area contributed by atoms with Crippen LogP contribution in [0.15, 0.2) is 22.9 Å². The molecule has 1 aromatic rings. The molecule has 0 spiro atoms. The standard InChI is InChI=1S/C10H13BrN2/c11-10-2-1-8(7-13-10)5-9-3-4-12-6-9/h1-2,7,9,12H,3-6H2. The highest BCUT2D eigenvalue weighted by Crippen LogP contribution is 2.15. The van der Waals surface area contributed by atoms with Gasteiger partial charge >= 0.3 is 0 Å². The lowest BCUT2D eigenvalue weighted by atomic mass is 10.0. The van der Waals surface area contributed by atoms with E-state index < -0.39 is 0 Å². The molecule has 2 nitrogen and oxygen atoms in total. The van der Waals surface area contributed by atoms with Crippen LogP contribution in [0.1, 0.15) is 12.0 Å². The van der Waals surface area contributed by atoms with Gasteiger partial charge in [0.05, 0.1) is 0 Å². The topological polar surface area (TPSA) is 24.9 Å². The number of aromatic nitrogens is 1. The van der Waals surface area contributed by atoms with Crippen LogP contribution in [-0.4, -0.2) is 18.1 Å². The minimum atomic E-state index is 0.808. The van der Waals surface area contributed by atoms with Gasteiger partial charge in [0.15, 0.2) is 0 Å². The SMILES string of the molecule is Brc1ccc(CC2CCNC2)cn1. The summed E-state index contributed by atoms with van der Waals surface area (Å²) in [6, 6.07) is 4.16. The Morgan fingerprint density at radius 3 is 3.08 bits per heavy atom. The van der Waals surface area contributed by atoms with E-state index in [0.717, 1.165) is 23.5 Å². The molecule has 0 bridgehead atoms. The van der Waals surface area contributed by atoms with Gasteiger partial charge in [-0.2, -0.15) is 0 Å². The average Bonchev–Trinajstić information content (AvgIpc) is 2.62. The highest BCUT2D eigenvalue weighted by atomic mass is 79.9. The smallest absolute Gasteiger partial charge is 0.106 e. The zero-order valence-corrected chi connectivity index (χ0v) is 9.05. The van der Waals surface area contributed by atoms with Gasteiger partial charge in [0, 0.05) is 6.20 Å². The molecule has 0 aromatic carbocycles. The maximum Gasteiger partial charge on any atom is 0.106 e. The molecular formula is C10H13BrN2. The van der Waals surface area contributed by atoms with Gasteiger partial charge in [-0.25, -0.2) is 4.98 Å². The molecule has 1 aliphatic heterocycles. The van der Waals surface area contributed by atoms with Crippen molar-refractivity contribution in [3.05, 3.63) is 28.5 Å². The molecule has 1 aromatic heterocycles. The molecule has 1 N–H and O–H groups in total. The van der Waals surface area contributed by atoms with Crippen LogP contribution in [0.4, 0.5) is 0 Å². The predicted octanol–water partition coefficient (Wildman–Crippen LogP) is 2.00. The van der Waals surface area contributed by atoms with Crippen molar-refractivity contribution in [3.63, 3.8) is 0 Å². The van der Waals surface area contributed by atoms with Gasteiger partial charge in [0.25, 0.3) is 0 Å². The summed E-state index contributed by atoms with van der Waals surface area (Å²) in [5.41, 5.74) is 1.34. The first-order chi connectivity index (χ1) is 6.34. The molecule has 70 valence electrons. The Hall–Kier alpha value is -0.410. The summed E-state index contributed by atoms with van der Waals surface area (Å²) in [5.74, 6) is 0.808. The van der Waals surface area contributed by atoms with E-state index in [1.54, 1.807) is 0 Å². The Bertz CT molecular complexity index is 265. The number of nitrogens with zero attached hydrogens (tertiary/aromatic N) is 1. The average molecular weight is 241 g/mol. The zero-order valence-electron chi connectivity index (χ0n) is 7.46. The highest BCUT2D eigenvalue weighted by molar-refractivity contribution is 9.10. The first-order valence-corrected chi connectivity index (χ1v) is 5.45. The highest BCUT2D eigenvalue weighted by Gasteiger charge is 2.14. The minimum absolute atomic E-state index is 0.808. The molecule has 1 fully saturated rings. The summed E-state index contributed by atoms with van der Waals surface area (Å²) >= 11 is 3.33. The second kappa shape index (κ2) is 4.20. The van der Waals surface area contributed by atoms with E-state index in [4.69, 9.17) is 0 Å². The molecule has 0 radical (unpaired) electrons. The van der Waals surface area contributed by atoms with Crippen LogP contribution in [-0.2, 0) is 6.42 Å². The van der Waals surface area contributed by atoms with Crippen LogP contribution in [0.5, 0.6) is 0 Å². The second-order valence-electron chi connectivity index (χ2n) is 3.55. The van der Waals surface area contributed by atoms with Crippen LogP contribution in [0, 0.1) is 5.92 Å². The number of hydrogen-bond donors (Lipinski definition) is 1. The molecule has 1 unspecified atom stereocenters. The summed E-state index contributed by atoms with van der Waals surface area (Å²) in [7, 11) is 0. The fourth-order valence-electron chi connectivity index (χ4n) is 1.75. The van der Waals surface area contributed by atoms with Gasteiger partial charge < -0.3 is 5.32 Å². The summed E-state index contributed by atoms with van der Waals surface area (Å²) in [6.07, 6.45) is 4.42. The maximum atomic E-state index is 4.22. The second-order valence-corrected chi connectivity index (χ2v) is 4.36. The normalized spacial score (nSPS) is 22.1. The van der Waals surface area contributed by atoms with Crippen LogP contribution in [0.2, 0.25) is 0 Å². The molecule has 1 atom stereocenters. The lowest BCUT2D eigenvalue weighted by Crippen LogP contribution is -2.10. The first-order valence-electron chi connectivity index (χ1n) is 4.66. The van der Waals surface area contributed by atoms with Crippen LogP contribution in [0.25, 0.3) is 0 Å². The molecule has 3 heteroatoms. The molecule has 13 heavy (non-hydrogen) atoms. The van der Waals surface area contributed by atoms with Crippen molar-refractivity contribution in [2.24, 2.45) is 5.92 Å². The van der Waals surface area contributed by atoms with E-state index in [0.29, 0.717) is 0 Å². The molecule has 0 aliphatic carbocycles. The Labute approximate surface area is 86.9 Å². The van der Waals surface area contributed by atoms with Gasteiger partial charge in [0.1, 0.15) is 4.60 Å². The quantitative estimate of drug-likeness (QED) is 0.801. The van der Waals surface area contributed by atoms with E-state index in [2.05, 4.69) is 32.3 Å². The maximum absolute atomic E-state index is 4.22. The van der Waals surface area contributed by atoms with Crippen molar-refractivity contribution < 1.29 is 0 Å². The zero-order chi connectivity index (χ0) is 9.10. The lowest BCUT2D eigenvalue weighted by Gasteiger charge is -2.07. The van der Waals surface area contributed by atoms with Crippen molar-refractivity contribution in [2.75, 3.05) is 13.1 Å². The van der Waals surface area contributed by atoms with E-state index in [1.165, 1.54) is 18.5 Å². The van der Waals surface area contributed by atoms with E-state index in [1.807, 2.05) is 12.3 Å². The van der Waals surface area contributed by atoms with E-state index >= 15 is 0 Å². The number of hydrogen-bond acceptors (Lipinski definition) is 2. The third-order valence-electron chi connectivity index (χ3n) is 2.48. The molecule has 0 saturated carbocycles. The third kappa shape index (κ3) is 2.51. The van der Waals surface area contributed by atoms with Gasteiger partial charge in [-0.3, -0.25) is 0 Å². The summed E-state index contributed by atoms with van der Waals surface area (Å²) in [4.78, 5) is 4.22. The van der Waals surface area contributed by atoms with E-state index in [-0.39, 0.29) is 0 Å². The first kappa shape index (κ1) is 9.16. The summed E-state index contributed by atoms with van der Waals surface area (Å²) in [6.45, 7) is 2.34. The summed E-state index contributed by atoms with van der Waals surface area (Å²) < 4.78 is 0.917. The minimum Gasteiger partial charge on any atom is -0.316 e. The Morgan fingerprint density at radius 2 is 2.46 bits per heavy atom. The number of nitrogens with one attached hydrogen (secondary N) is 1. The largest absolute Gasteiger partial charge is 0.316 e. The lowest BCUT2D eigenvalue weighted by molar-refractivity contribution is 0.579. The van der Waals surface area contributed by atoms with Gasteiger partial charge in [0.2, 0.25) is 0 Å². The monoisotopic (exact) mass is 240 g/mol. The molecule has 0 amide bonds. The Kier molecular flexibility index (Phi) is 2.96. The van der Waals surface area contributed by atoms with Crippen molar-refractivity contribution in [1.82, 2.24) is 10.3 Å². The fourth-order valence-corrected chi connectivity index (χ4v) is 1.98. The number of halogens is 1.